The molecule has 1 fully saturated rings. The molecule has 1 aliphatic carbocycles. The molecule has 0 unspecified atom stereocenters. The third-order valence-electron chi connectivity index (χ3n) is 4.80. The maximum Gasteiger partial charge on any atom is 0.229 e. The summed E-state index contributed by atoms with van der Waals surface area (Å²) in [4.78, 5) is 13.4. The number of aromatic nitrogens is 3. The fourth-order valence-corrected chi connectivity index (χ4v) is 3.07. The van der Waals surface area contributed by atoms with Crippen molar-refractivity contribution in [3.05, 3.63) is 0 Å². The average molecular weight is 412 g/mol. The van der Waals surface area contributed by atoms with E-state index in [0.717, 1.165) is 12.8 Å². The van der Waals surface area contributed by atoms with Crippen LogP contribution in [0.5, 0.6) is 0 Å². The second kappa shape index (κ2) is 13.5. The maximum atomic E-state index is 9.61. The molecule has 1 heterocycles. The molecule has 6 N–H and O–H groups in total. The normalized spacial score (nSPS) is 15.6. The van der Waals surface area contributed by atoms with E-state index in [-0.39, 0.29) is 18.6 Å². The predicted molar refractivity (Wildman–Crippen MR) is 114 cm³/mol. The minimum atomic E-state index is -0.124. The first-order chi connectivity index (χ1) is 14.1. The fourth-order valence-electron chi connectivity index (χ4n) is 3.07. The summed E-state index contributed by atoms with van der Waals surface area (Å²) in [6, 6.07) is 0.273. The molecule has 10 nitrogen and oxygen atoms in total. The minimum absolute atomic E-state index is 0.0115. The maximum absolute atomic E-state index is 9.61. The van der Waals surface area contributed by atoms with Crippen LogP contribution in [0.3, 0.4) is 0 Å². The van der Waals surface area contributed by atoms with E-state index in [9.17, 15) is 5.11 Å². The van der Waals surface area contributed by atoms with Crippen LogP contribution >= 0.6 is 0 Å². The van der Waals surface area contributed by atoms with Crippen LogP contribution in [0.4, 0.5) is 17.8 Å². The molecule has 166 valence electrons. The molecule has 1 atom stereocenters. The van der Waals surface area contributed by atoms with E-state index in [0.29, 0.717) is 63.4 Å². The summed E-state index contributed by atoms with van der Waals surface area (Å²) >= 11 is 0. The standard InChI is InChI=1S/C19H37N7O3/c1-14(2)16(13-27)23-19-25-17(21-8-10-29-12-11-28-9-7-20)24-18(26-19)22-15-5-3-4-6-15/h14-16,27H,3-13,20H2,1-2H3,(H3,21,22,23,24,25,26)/t16-/m0/s1. The first-order valence-corrected chi connectivity index (χ1v) is 10.6. The molecule has 0 radical (unpaired) electrons. The Morgan fingerprint density at radius 1 is 1.00 bits per heavy atom. The van der Waals surface area contributed by atoms with E-state index in [1.54, 1.807) is 0 Å². The van der Waals surface area contributed by atoms with E-state index >= 15 is 0 Å². The van der Waals surface area contributed by atoms with Crippen LogP contribution in [0.15, 0.2) is 0 Å². The van der Waals surface area contributed by atoms with Gasteiger partial charge in [0.25, 0.3) is 0 Å². The molecule has 0 bridgehead atoms. The molecule has 1 saturated carbocycles. The van der Waals surface area contributed by atoms with Gasteiger partial charge < -0.3 is 36.3 Å². The molecule has 0 aromatic carbocycles. The molecular formula is C19H37N7O3. The lowest BCUT2D eigenvalue weighted by Crippen LogP contribution is -2.31. The Balaban J connectivity index is 1.90. The Morgan fingerprint density at radius 3 is 2.31 bits per heavy atom. The van der Waals surface area contributed by atoms with E-state index in [1.807, 2.05) is 13.8 Å². The Bertz CT molecular complexity index is 571. The van der Waals surface area contributed by atoms with Gasteiger partial charge >= 0.3 is 0 Å². The van der Waals surface area contributed by atoms with Gasteiger partial charge in [0.15, 0.2) is 0 Å². The van der Waals surface area contributed by atoms with Crippen molar-refractivity contribution in [3.63, 3.8) is 0 Å². The highest BCUT2D eigenvalue weighted by Crippen LogP contribution is 2.22. The first-order valence-electron chi connectivity index (χ1n) is 10.6. The highest BCUT2D eigenvalue weighted by atomic mass is 16.5. The molecule has 0 spiro atoms. The van der Waals surface area contributed by atoms with Gasteiger partial charge in [0.1, 0.15) is 0 Å². The van der Waals surface area contributed by atoms with Crippen molar-refractivity contribution in [2.24, 2.45) is 11.7 Å². The largest absolute Gasteiger partial charge is 0.394 e. The first kappa shape index (κ1) is 23.5. The van der Waals surface area contributed by atoms with Crippen LogP contribution in [0.2, 0.25) is 0 Å². The zero-order valence-corrected chi connectivity index (χ0v) is 17.7. The topological polar surface area (TPSA) is 139 Å². The van der Waals surface area contributed by atoms with Gasteiger partial charge in [-0.2, -0.15) is 15.0 Å². The number of hydrogen-bond donors (Lipinski definition) is 5. The SMILES string of the molecule is CC(C)[C@H](CO)Nc1nc(NCCOCCOCCN)nc(NC2CCCC2)n1. The number of aliphatic hydroxyl groups is 1. The van der Waals surface area contributed by atoms with E-state index < -0.39 is 0 Å². The van der Waals surface area contributed by atoms with Gasteiger partial charge in [0, 0.05) is 19.1 Å². The molecule has 0 amide bonds. The fraction of sp³-hybridized carbons (Fsp3) is 0.842. The van der Waals surface area contributed by atoms with Gasteiger partial charge in [0.05, 0.1) is 39.1 Å². The van der Waals surface area contributed by atoms with Crippen molar-refractivity contribution in [2.75, 3.05) is 62.1 Å². The quantitative estimate of drug-likeness (QED) is 0.266. The van der Waals surface area contributed by atoms with Gasteiger partial charge in [-0.15, -0.1) is 0 Å². The Morgan fingerprint density at radius 2 is 1.66 bits per heavy atom. The smallest absolute Gasteiger partial charge is 0.229 e. The van der Waals surface area contributed by atoms with E-state index in [2.05, 4.69) is 30.9 Å². The summed E-state index contributed by atoms with van der Waals surface area (Å²) in [6.07, 6.45) is 4.71. The Labute approximate surface area is 173 Å². The van der Waals surface area contributed by atoms with Gasteiger partial charge in [-0.25, -0.2) is 0 Å². The third-order valence-corrected chi connectivity index (χ3v) is 4.80. The zero-order chi connectivity index (χ0) is 20.9. The summed E-state index contributed by atoms with van der Waals surface area (Å²) in [5.41, 5.74) is 5.37. The van der Waals surface area contributed by atoms with Crippen LogP contribution in [-0.4, -0.2) is 78.3 Å². The van der Waals surface area contributed by atoms with Crippen molar-refractivity contribution >= 4 is 17.8 Å². The van der Waals surface area contributed by atoms with Crippen molar-refractivity contribution in [2.45, 2.75) is 51.6 Å². The molecule has 2 rings (SSSR count). The number of rotatable bonds is 15. The third kappa shape index (κ3) is 9.07. The number of nitrogens with two attached hydrogens (primary N) is 1. The lowest BCUT2D eigenvalue weighted by Gasteiger charge is -2.21. The molecule has 1 aromatic heterocycles. The van der Waals surface area contributed by atoms with Gasteiger partial charge in [-0.05, 0) is 18.8 Å². The van der Waals surface area contributed by atoms with Crippen LogP contribution in [0, 0.1) is 5.92 Å². The van der Waals surface area contributed by atoms with Gasteiger partial charge in [-0.1, -0.05) is 26.7 Å². The summed E-state index contributed by atoms with van der Waals surface area (Å²) in [6.45, 7) is 7.29. The lowest BCUT2D eigenvalue weighted by molar-refractivity contribution is 0.0547. The molecular weight excluding hydrogens is 374 g/mol. The lowest BCUT2D eigenvalue weighted by atomic mass is 10.1. The van der Waals surface area contributed by atoms with Crippen molar-refractivity contribution in [1.82, 2.24) is 15.0 Å². The molecule has 10 heteroatoms. The van der Waals surface area contributed by atoms with Crippen LogP contribution < -0.4 is 21.7 Å². The van der Waals surface area contributed by atoms with Gasteiger partial charge in [-0.3, -0.25) is 0 Å². The van der Waals surface area contributed by atoms with Crippen molar-refractivity contribution in [1.29, 1.82) is 0 Å². The number of nitrogens with one attached hydrogen (secondary N) is 3. The minimum Gasteiger partial charge on any atom is -0.394 e. The second-order valence-corrected chi connectivity index (χ2v) is 7.55. The number of hydrogen-bond acceptors (Lipinski definition) is 10. The molecule has 0 aliphatic heterocycles. The summed E-state index contributed by atoms with van der Waals surface area (Å²) in [7, 11) is 0. The summed E-state index contributed by atoms with van der Waals surface area (Å²) < 4.78 is 10.8. The van der Waals surface area contributed by atoms with Gasteiger partial charge in [0.2, 0.25) is 17.8 Å². The number of nitrogens with zero attached hydrogens (tertiary/aromatic N) is 3. The summed E-state index contributed by atoms with van der Waals surface area (Å²) in [5, 5.41) is 19.4. The molecule has 0 saturated heterocycles. The monoisotopic (exact) mass is 411 g/mol. The highest BCUT2D eigenvalue weighted by Gasteiger charge is 2.18. The number of ether oxygens (including phenoxy) is 2. The molecule has 1 aliphatic rings. The van der Waals surface area contributed by atoms with Crippen LogP contribution in [0.25, 0.3) is 0 Å². The molecule has 29 heavy (non-hydrogen) atoms. The number of anilines is 3. The average Bonchev–Trinajstić information content (AvgIpc) is 3.21. The van der Waals surface area contributed by atoms with E-state index in [1.165, 1.54) is 12.8 Å². The van der Waals surface area contributed by atoms with Crippen LogP contribution in [-0.2, 0) is 9.47 Å². The predicted octanol–water partition coefficient (Wildman–Crippen LogP) is 1.06. The van der Waals surface area contributed by atoms with Crippen molar-refractivity contribution in [3.8, 4) is 0 Å². The second-order valence-electron chi connectivity index (χ2n) is 7.55. The molecule has 1 aromatic rings. The highest BCUT2D eigenvalue weighted by molar-refractivity contribution is 5.43. The Hall–Kier alpha value is -1.75. The van der Waals surface area contributed by atoms with E-state index in [4.69, 9.17) is 15.2 Å². The van der Waals surface area contributed by atoms with Crippen LogP contribution in [0.1, 0.15) is 39.5 Å². The Kier molecular flexibility index (Phi) is 10.9. The van der Waals surface area contributed by atoms with Crippen molar-refractivity contribution < 1.29 is 14.6 Å². The zero-order valence-electron chi connectivity index (χ0n) is 17.7. The number of aliphatic hydroxyl groups excluding tert-OH is 1. The summed E-state index contributed by atoms with van der Waals surface area (Å²) in [5.74, 6) is 1.72.